The Morgan fingerprint density at radius 3 is 3.14 bits per heavy atom. The van der Waals surface area contributed by atoms with Crippen LogP contribution >= 0.6 is 7.18 Å². The first-order valence-electron chi connectivity index (χ1n) is 6.00. The summed E-state index contributed by atoms with van der Waals surface area (Å²) in [5, 5.41) is 3.25. The summed E-state index contributed by atoms with van der Waals surface area (Å²) in [4.78, 5) is 0. The lowest BCUT2D eigenvalue weighted by Crippen LogP contribution is -2.36. The fraction of sp³-hybridized carbons (Fsp3) is 1.00. The molecule has 80 valence electrons. The van der Waals surface area contributed by atoms with Crippen LogP contribution in [0.1, 0.15) is 26.7 Å². The molecule has 2 nitrogen and oxygen atoms in total. The molecule has 0 saturated heterocycles. The summed E-state index contributed by atoms with van der Waals surface area (Å²) in [6.07, 6.45) is 2.27. The largest absolute Gasteiger partial charge is 0.449 e. The van der Waals surface area contributed by atoms with Gasteiger partial charge in [-0.3, -0.25) is 4.18 Å². The van der Waals surface area contributed by atoms with Gasteiger partial charge in [-0.15, -0.1) is 0 Å². The Bertz CT molecular complexity index is 276. The Morgan fingerprint density at radius 2 is 2.64 bits per heavy atom. The maximum absolute atomic E-state index is 7.66. The molecule has 1 aliphatic rings. The third kappa shape index (κ3) is 2.82. The summed E-state index contributed by atoms with van der Waals surface area (Å²) in [5.74, 6) is 1.09. The highest BCUT2D eigenvalue weighted by molar-refractivity contribution is 8.14. The third-order valence-electron chi connectivity index (χ3n) is 3.31. The zero-order valence-electron chi connectivity index (χ0n) is 11.1. The molecule has 0 aromatic heterocycles. The Hall–Kier alpha value is 0.635. The molecule has 0 heterocycles. The van der Waals surface area contributed by atoms with E-state index in [1.807, 2.05) is 7.05 Å². The van der Waals surface area contributed by atoms with Gasteiger partial charge in [-0.05, 0) is 25.3 Å². The quantitative estimate of drug-likeness (QED) is 0.437. The first-order valence-corrected chi connectivity index (χ1v) is 7.45. The van der Waals surface area contributed by atoms with Gasteiger partial charge in [-0.25, -0.2) is 0 Å². The molecule has 5 heteroatoms. The van der Waals surface area contributed by atoms with E-state index in [4.69, 9.17) is 14.2 Å². The molecule has 1 rings (SSSR count). The van der Waals surface area contributed by atoms with E-state index in [0.29, 0.717) is 17.9 Å². The molecule has 6 atom stereocenters. The van der Waals surface area contributed by atoms with Gasteiger partial charge >= 0.3 is 8.84 Å². The van der Waals surface area contributed by atoms with Crippen molar-refractivity contribution in [3.8, 4) is 0 Å². The lowest BCUT2D eigenvalue weighted by atomic mass is 9.95. The van der Waals surface area contributed by atoms with Crippen molar-refractivity contribution >= 4 is 25.9 Å². The molecule has 0 aliphatic heterocycles. The van der Waals surface area contributed by atoms with Gasteiger partial charge in [-0.1, -0.05) is 20.3 Å². The van der Waals surface area contributed by atoms with Crippen LogP contribution in [0.25, 0.3) is 0 Å². The van der Waals surface area contributed by atoms with E-state index in [1.165, 1.54) is 0 Å². The van der Waals surface area contributed by atoms with Crippen LogP contribution in [0.3, 0.4) is 0 Å². The smallest absolute Gasteiger partial charge is 0.314 e. The van der Waals surface area contributed by atoms with Crippen molar-refractivity contribution in [1.82, 2.24) is 5.32 Å². The molecular formula is C9H20BNOPS+. The van der Waals surface area contributed by atoms with Crippen LogP contribution in [0.15, 0.2) is 0 Å². The fourth-order valence-electron chi connectivity index (χ4n) is 2.36. The van der Waals surface area contributed by atoms with Crippen LogP contribution in [0.2, 0.25) is 0 Å². The van der Waals surface area contributed by atoms with E-state index in [2.05, 4.69) is 19.2 Å². The summed E-state index contributed by atoms with van der Waals surface area (Å²) >= 11 is -1.15. The monoisotopic (exact) mass is 235 g/mol. The molecule has 1 saturated carbocycles. The van der Waals surface area contributed by atoms with Crippen molar-refractivity contribution in [2.75, 3.05) is 7.05 Å². The van der Waals surface area contributed by atoms with Gasteiger partial charge in [0.15, 0.2) is 1.12 Å². The summed E-state index contributed by atoms with van der Waals surface area (Å²) in [6.45, 7) is 4.37. The maximum atomic E-state index is 7.66. The van der Waals surface area contributed by atoms with E-state index in [-0.39, 0.29) is 6.10 Å². The number of hydrogen-bond acceptors (Lipinski definition) is 2. The van der Waals surface area contributed by atoms with Crippen molar-refractivity contribution in [1.29, 1.82) is 2.40 Å². The molecule has 0 spiro atoms. The van der Waals surface area contributed by atoms with Crippen LogP contribution in [-0.2, 0) is 15.3 Å². The molecule has 0 bridgehead atoms. The number of rotatable bonds is 4. The van der Waals surface area contributed by atoms with Crippen molar-refractivity contribution in [2.24, 2.45) is 11.8 Å². The second-order valence-corrected chi connectivity index (χ2v) is 5.53. The highest BCUT2D eigenvalue weighted by Gasteiger charge is 2.39. The summed E-state index contributed by atoms with van der Waals surface area (Å²) in [5.41, 5.74) is 0. The highest BCUT2D eigenvalue weighted by atomic mass is 32.5. The summed E-state index contributed by atoms with van der Waals surface area (Å²) in [7, 11) is 5.81. The van der Waals surface area contributed by atoms with Gasteiger partial charge in [0, 0.05) is 6.04 Å². The highest BCUT2D eigenvalue weighted by Crippen LogP contribution is 2.36. The minimum atomic E-state index is -1.55. The van der Waals surface area contributed by atoms with Crippen LogP contribution in [0.5, 0.6) is 0 Å². The van der Waals surface area contributed by atoms with Crippen molar-refractivity contribution in [3.63, 3.8) is 0 Å². The van der Waals surface area contributed by atoms with Crippen LogP contribution in [-0.4, -0.2) is 29.2 Å². The van der Waals surface area contributed by atoms with E-state index >= 15 is 0 Å². The lowest BCUT2D eigenvalue weighted by molar-refractivity contribution is 0.160. The maximum Gasteiger partial charge on any atom is 0.449 e. The molecule has 1 fully saturated rings. The zero-order valence-corrected chi connectivity index (χ0v) is 10.8. The molecule has 0 aromatic carbocycles. The molecule has 1 N–H and O–H groups in total. The normalized spacial score (nSPS) is 42.9. The second-order valence-electron chi connectivity index (χ2n) is 3.90. The minimum absolute atomic E-state index is 0.0367. The molecule has 14 heavy (non-hydrogen) atoms. The van der Waals surface area contributed by atoms with Crippen molar-refractivity contribution in [2.45, 2.75) is 38.8 Å². The number of nitrogens with one attached hydrogen (secondary N) is 1. The third-order valence-corrected chi connectivity index (χ3v) is 4.22. The number of likely N-dealkylation sites (N-methyl/N-ethyl adjacent to an activating group) is 1. The van der Waals surface area contributed by atoms with Crippen LogP contribution < -0.4 is 5.32 Å². The second kappa shape index (κ2) is 6.27. The fourth-order valence-corrected chi connectivity index (χ4v) is 3.27. The Morgan fingerprint density at radius 1 is 1.93 bits per heavy atom. The molecule has 2 unspecified atom stereocenters. The average Bonchev–Trinajstić information content (AvgIpc) is 2.55. The molecule has 0 amide bonds. The summed E-state index contributed by atoms with van der Waals surface area (Å²) in [6, 6.07) is 0.301. The van der Waals surface area contributed by atoms with Crippen LogP contribution in [0.4, 0.5) is 0 Å². The van der Waals surface area contributed by atoms with Gasteiger partial charge in [0.25, 0.3) is 0 Å². The topological polar surface area (TPSA) is 21.3 Å². The number of thiol groups is 1. The Labute approximate surface area is 95.9 Å². The van der Waals surface area contributed by atoms with Crippen molar-refractivity contribution < 1.29 is 4.18 Å². The molecule has 0 aromatic rings. The minimum Gasteiger partial charge on any atom is -0.314 e. The zero-order chi connectivity index (χ0) is 12.3. The first kappa shape index (κ1) is 9.83. The molecule has 1 aliphatic carbocycles. The lowest BCUT2D eigenvalue weighted by Gasteiger charge is -2.20. The standard InChI is InChI=1S/C9H20BNOPS/c1-4-7-5-8(11-3)9(6(7)2)12-14-13-10/h6-9,11,13-14H,4-5H2,1-3H3/q+1/t6-,7+,8-,9-/m1/s1/i13T,14D. The van der Waals surface area contributed by atoms with Gasteiger partial charge in [0.05, 0.1) is 24.4 Å². The Balaban J connectivity index is 2.73. The predicted molar refractivity (Wildman–Crippen MR) is 68.1 cm³/mol. The van der Waals surface area contributed by atoms with Gasteiger partial charge < -0.3 is 5.32 Å². The first-order chi connectivity index (χ1) is 7.51. The van der Waals surface area contributed by atoms with Gasteiger partial charge in [-0.2, -0.15) is 0 Å². The number of hydrogen-bond donors (Lipinski definition) is 2. The Kier molecular flexibility index (Phi) is 4.40. The summed E-state index contributed by atoms with van der Waals surface area (Å²) < 4.78 is 20.7. The molecular weight excluding hydrogens is 212 g/mol. The van der Waals surface area contributed by atoms with Crippen molar-refractivity contribution in [3.05, 3.63) is 0 Å². The SMILES string of the molecule is [2H]S(O[C@@H]1[C@H](C)[C@@H](CC)C[C@H]1NC)=[P+]([3H])[B]. The average molecular weight is 235 g/mol. The van der Waals surface area contributed by atoms with Gasteiger partial charge in [0.2, 0.25) is 0 Å². The van der Waals surface area contributed by atoms with Gasteiger partial charge in [0.1, 0.15) is 0 Å². The molecule has 2 radical (unpaired) electrons. The van der Waals surface area contributed by atoms with E-state index in [1.54, 1.807) is 0 Å². The van der Waals surface area contributed by atoms with Crippen LogP contribution in [0, 0.1) is 11.8 Å². The van der Waals surface area contributed by atoms with E-state index in [9.17, 15) is 0 Å². The van der Waals surface area contributed by atoms with E-state index < -0.39 is 18.3 Å². The van der Waals surface area contributed by atoms with E-state index in [0.717, 1.165) is 12.8 Å². The predicted octanol–water partition coefficient (Wildman–Crippen LogP) is 1.43.